The van der Waals surface area contributed by atoms with Crippen LogP contribution in [0.2, 0.25) is 0 Å². The molecule has 1 heterocycles. The second-order valence-corrected chi connectivity index (χ2v) is 3.96. The smallest absolute Gasteiger partial charge is 0.250 e. The number of amides is 1. The minimum absolute atomic E-state index is 0.0217. The number of aromatic nitrogens is 1. The summed E-state index contributed by atoms with van der Waals surface area (Å²) in [5.41, 5.74) is 11.7. The van der Waals surface area contributed by atoms with Crippen molar-refractivity contribution >= 4 is 17.3 Å². The van der Waals surface area contributed by atoms with Crippen LogP contribution in [0.15, 0.2) is 36.5 Å². The van der Waals surface area contributed by atoms with Crippen molar-refractivity contribution < 1.29 is 9.18 Å². The molecule has 0 bridgehead atoms. The highest BCUT2D eigenvalue weighted by atomic mass is 19.1. The van der Waals surface area contributed by atoms with E-state index in [4.69, 9.17) is 11.5 Å². The predicted octanol–water partition coefficient (Wildman–Crippen LogP) is 1.51. The van der Waals surface area contributed by atoms with Crippen LogP contribution in [-0.2, 0) is 6.54 Å². The third kappa shape index (κ3) is 2.98. The fourth-order valence-electron chi connectivity index (χ4n) is 1.63. The number of halogens is 1. The van der Waals surface area contributed by atoms with Gasteiger partial charge in [-0.3, -0.25) is 9.78 Å². The summed E-state index contributed by atoms with van der Waals surface area (Å²) in [5.74, 6) is -1.24. The maximum Gasteiger partial charge on any atom is 0.250 e. The number of primary amides is 1. The van der Waals surface area contributed by atoms with Gasteiger partial charge in [-0.25, -0.2) is 4.39 Å². The molecule has 1 aromatic carbocycles. The van der Waals surface area contributed by atoms with Gasteiger partial charge in [-0.15, -0.1) is 0 Å². The number of nitrogens with zero attached hydrogens (tertiary/aromatic N) is 1. The number of nitrogen functional groups attached to an aromatic ring is 1. The minimum atomic E-state index is -0.696. The quantitative estimate of drug-likeness (QED) is 0.726. The zero-order valence-electron chi connectivity index (χ0n) is 10.1. The van der Waals surface area contributed by atoms with Crippen LogP contribution in [0.25, 0.3) is 0 Å². The van der Waals surface area contributed by atoms with Crippen LogP contribution < -0.4 is 16.8 Å². The number of hydrogen-bond acceptors (Lipinski definition) is 4. The summed E-state index contributed by atoms with van der Waals surface area (Å²) < 4.78 is 13.7. The molecule has 0 aliphatic rings. The topological polar surface area (TPSA) is 94.0 Å². The summed E-state index contributed by atoms with van der Waals surface area (Å²) in [6, 6.07) is 7.80. The van der Waals surface area contributed by atoms with Crippen molar-refractivity contribution in [1.29, 1.82) is 0 Å². The molecule has 0 fully saturated rings. The lowest BCUT2D eigenvalue weighted by Crippen LogP contribution is -2.15. The third-order valence-electron chi connectivity index (χ3n) is 2.59. The molecule has 6 heteroatoms. The van der Waals surface area contributed by atoms with Crippen molar-refractivity contribution in [3.05, 3.63) is 53.6 Å². The van der Waals surface area contributed by atoms with Gasteiger partial charge in [-0.1, -0.05) is 6.07 Å². The van der Waals surface area contributed by atoms with Crippen molar-refractivity contribution in [2.24, 2.45) is 5.73 Å². The van der Waals surface area contributed by atoms with Gasteiger partial charge in [0, 0.05) is 11.9 Å². The number of rotatable bonds is 4. The number of benzene rings is 1. The maximum atomic E-state index is 13.7. The highest BCUT2D eigenvalue weighted by Crippen LogP contribution is 2.22. The molecule has 0 spiro atoms. The fraction of sp³-hybridized carbons (Fsp3) is 0.0769. The van der Waals surface area contributed by atoms with Crippen LogP contribution in [0.3, 0.4) is 0 Å². The second-order valence-electron chi connectivity index (χ2n) is 3.96. The lowest BCUT2D eigenvalue weighted by atomic mass is 10.1. The van der Waals surface area contributed by atoms with Crippen molar-refractivity contribution in [2.45, 2.75) is 6.54 Å². The van der Waals surface area contributed by atoms with Crippen LogP contribution in [0.5, 0.6) is 0 Å². The molecule has 0 atom stereocenters. The summed E-state index contributed by atoms with van der Waals surface area (Å²) in [4.78, 5) is 15.2. The Morgan fingerprint density at radius 2 is 2.16 bits per heavy atom. The van der Waals surface area contributed by atoms with Gasteiger partial charge in [0.05, 0.1) is 23.5 Å². The largest absolute Gasteiger partial charge is 0.398 e. The Balaban J connectivity index is 2.21. The molecule has 0 aliphatic heterocycles. The van der Waals surface area contributed by atoms with Gasteiger partial charge in [-0.2, -0.15) is 0 Å². The first-order valence-corrected chi connectivity index (χ1v) is 5.60. The van der Waals surface area contributed by atoms with E-state index in [9.17, 15) is 9.18 Å². The molecule has 1 aromatic heterocycles. The zero-order valence-corrected chi connectivity index (χ0v) is 10.1. The fourth-order valence-corrected chi connectivity index (χ4v) is 1.63. The van der Waals surface area contributed by atoms with Gasteiger partial charge < -0.3 is 16.8 Å². The van der Waals surface area contributed by atoms with Gasteiger partial charge in [-0.05, 0) is 24.3 Å². The lowest BCUT2D eigenvalue weighted by Gasteiger charge is -2.10. The van der Waals surface area contributed by atoms with E-state index < -0.39 is 11.7 Å². The number of anilines is 2. The summed E-state index contributed by atoms with van der Waals surface area (Å²) in [6.07, 6.45) is 1.64. The van der Waals surface area contributed by atoms with Gasteiger partial charge in [0.15, 0.2) is 0 Å². The van der Waals surface area contributed by atoms with E-state index in [1.807, 2.05) is 6.07 Å². The highest BCUT2D eigenvalue weighted by Gasteiger charge is 2.11. The molecule has 19 heavy (non-hydrogen) atoms. The normalized spacial score (nSPS) is 10.2. The molecule has 1 amide bonds. The van der Waals surface area contributed by atoms with Crippen LogP contribution >= 0.6 is 0 Å². The highest BCUT2D eigenvalue weighted by molar-refractivity contribution is 5.99. The van der Waals surface area contributed by atoms with Crippen molar-refractivity contribution in [1.82, 2.24) is 4.98 Å². The molecule has 0 saturated heterocycles. The van der Waals surface area contributed by atoms with E-state index in [0.29, 0.717) is 6.54 Å². The molecule has 98 valence electrons. The standard InChI is InChI=1S/C13H13FN4O/c14-10-6-11(15)9(13(16)19)5-12(10)18-7-8-3-1-2-4-17-8/h1-6,18H,7,15H2,(H2,16,19). The molecule has 0 saturated carbocycles. The Kier molecular flexibility index (Phi) is 3.61. The maximum absolute atomic E-state index is 13.7. The van der Waals surface area contributed by atoms with Gasteiger partial charge in [0.1, 0.15) is 5.82 Å². The molecule has 5 nitrogen and oxygen atoms in total. The molecule has 2 aromatic rings. The molecule has 5 N–H and O–H groups in total. The number of nitrogens with one attached hydrogen (secondary N) is 1. The van der Waals surface area contributed by atoms with Crippen LogP contribution in [0, 0.1) is 5.82 Å². The summed E-state index contributed by atoms with van der Waals surface area (Å²) in [5, 5.41) is 2.85. The van der Waals surface area contributed by atoms with Gasteiger partial charge >= 0.3 is 0 Å². The van der Waals surface area contributed by atoms with E-state index >= 15 is 0 Å². The summed E-state index contributed by atoms with van der Waals surface area (Å²) in [6.45, 7) is 0.333. The van der Waals surface area contributed by atoms with Crippen LogP contribution in [-0.4, -0.2) is 10.9 Å². The minimum Gasteiger partial charge on any atom is -0.398 e. The van der Waals surface area contributed by atoms with Crippen LogP contribution in [0.4, 0.5) is 15.8 Å². The van der Waals surface area contributed by atoms with Crippen molar-refractivity contribution in [3.63, 3.8) is 0 Å². The Labute approximate surface area is 109 Å². The summed E-state index contributed by atoms with van der Waals surface area (Å²) in [7, 11) is 0. The molecule has 0 radical (unpaired) electrons. The van der Waals surface area contributed by atoms with Crippen LogP contribution in [0.1, 0.15) is 16.1 Å². The molecular formula is C13H13FN4O. The second kappa shape index (κ2) is 5.34. The summed E-state index contributed by atoms with van der Waals surface area (Å²) >= 11 is 0. The first-order valence-electron chi connectivity index (χ1n) is 5.60. The SMILES string of the molecule is NC(=O)c1cc(NCc2ccccn2)c(F)cc1N. The third-order valence-corrected chi connectivity index (χ3v) is 2.59. The Morgan fingerprint density at radius 3 is 2.79 bits per heavy atom. The average Bonchev–Trinajstić information content (AvgIpc) is 2.38. The predicted molar refractivity (Wildman–Crippen MR) is 70.9 cm³/mol. The Bertz CT molecular complexity index is 601. The lowest BCUT2D eigenvalue weighted by molar-refractivity contribution is 0.100. The zero-order chi connectivity index (χ0) is 13.8. The number of pyridine rings is 1. The van der Waals surface area contributed by atoms with Gasteiger partial charge in [0.2, 0.25) is 0 Å². The van der Waals surface area contributed by atoms with E-state index in [-0.39, 0.29) is 16.9 Å². The Hall–Kier alpha value is -2.63. The Morgan fingerprint density at radius 1 is 1.37 bits per heavy atom. The first kappa shape index (κ1) is 12.8. The number of carbonyl (C=O) groups excluding carboxylic acids is 1. The number of carbonyl (C=O) groups is 1. The molecular weight excluding hydrogens is 247 g/mol. The first-order chi connectivity index (χ1) is 9.08. The van der Waals surface area contributed by atoms with E-state index in [1.54, 1.807) is 18.3 Å². The number of nitrogens with two attached hydrogens (primary N) is 2. The molecule has 2 rings (SSSR count). The van der Waals surface area contributed by atoms with E-state index in [1.165, 1.54) is 6.07 Å². The monoisotopic (exact) mass is 260 g/mol. The average molecular weight is 260 g/mol. The van der Waals surface area contributed by atoms with Crippen molar-refractivity contribution in [2.75, 3.05) is 11.1 Å². The van der Waals surface area contributed by atoms with E-state index in [0.717, 1.165) is 11.8 Å². The van der Waals surface area contributed by atoms with E-state index in [2.05, 4.69) is 10.3 Å². The number of hydrogen-bond donors (Lipinski definition) is 3. The van der Waals surface area contributed by atoms with Gasteiger partial charge in [0.25, 0.3) is 5.91 Å². The molecule has 0 unspecified atom stereocenters. The van der Waals surface area contributed by atoms with Crippen molar-refractivity contribution in [3.8, 4) is 0 Å². The molecule has 0 aliphatic carbocycles.